The zero-order valence-corrected chi connectivity index (χ0v) is 12.0. The van der Waals surface area contributed by atoms with E-state index in [0.29, 0.717) is 23.3 Å². The van der Waals surface area contributed by atoms with Crippen LogP contribution in [0.5, 0.6) is 5.75 Å². The Morgan fingerprint density at radius 2 is 1.95 bits per heavy atom. The number of hydrogen-bond acceptors (Lipinski definition) is 3. The second-order valence-electron chi connectivity index (χ2n) is 5.12. The number of amides is 2. The highest BCUT2D eigenvalue weighted by atomic mass is 16.5. The van der Waals surface area contributed by atoms with E-state index < -0.39 is 18.0 Å². The minimum absolute atomic E-state index is 0.420. The monoisotopic (exact) mass is 297 g/mol. The molecule has 0 spiro atoms. The van der Waals surface area contributed by atoms with Crippen molar-refractivity contribution in [2.75, 3.05) is 7.11 Å². The first-order chi connectivity index (χ1) is 10.6. The van der Waals surface area contributed by atoms with Crippen LogP contribution in [-0.2, 0) is 6.42 Å². The van der Waals surface area contributed by atoms with E-state index in [4.69, 9.17) is 4.74 Å². The van der Waals surface area contributed by atoms with Gasteiger partial charge in [0, 0.05) is 5.56 Å². The fourth-order valence-electron chi connectivity index (χ4n) is 2.81. The Hall–Kier alpha value is -2.82. The van der Waals surface area contributed by atoms with Gasteiger partial charge in [0.25, 0.3) is 5.91 Å². The summed E-state index contributed by atoms with van der Waals surface area (Å²) in [5, 5.41) is 9.40. The second kappa shape index (κ2) is 5.52. The molecule has 5 heteroatoms. The highest BCUT2D eigenvalue weighted by Gasteiger charge is 2.40. The first-order valence-electron chi connectivity index (χ1n) is 6.90. The van der Waals surface area contributed by atoms with E-state index in [0.717, 1.165) is 10.5 Å². The molecule has 0 saturated carbocycles. The van der Waals surface area contributed by atoms with E-state index in [1.165, 1.54) is 0 Å². The molecule has 0 fully saturated rings. The summed E-state index contributed by atoms with van der Waals surface area (Å²) in [4.78, 5) is 24.8. The Bertz CT molecular complexity index is 727. The third kappa shape index (κ3) is 2.30. The number of carbonyl (C=O) groups is 2. The van der Waals surface area contributed by atoms with Gasteiger partial charge in [-0.1, -0.05) is 30.3 Å². The van der Waals surface area contributed by atoms with Crippen molar-refractivity contribution in [3.8, 4) is 5.75 Å². The molecular formula is C17H15NO4. The van der Waals surface area contributed by atoms with Crippen LogP contribution in [0.4, 0.5) is 4.79 Å². The molecule has 0 saturated heterocycles. The lowest BCUT2D eigenvalue weighted by Gasteiger charge is -2.20. The van der Waals surface area contributed by atoms with E-state index in [-0.39, 0.29) is 0 Å². The molecular weight excluding hydrogens is 282 g/mol. The van der Waals surface area contributed by atoms with E-state index in [2.05, 4.69) is 0 Å². The third-order valence-corrected chi connectivity index (χ3v) is 3.86. The number of carboxylic acid groups (broad SMARTS) is 1. The van der Waals surface area contributed by atoms with Gasteiger partial charge in [0.2, 0.25) is 0 Å². The Morgan fingerprint density at radius 3 is 2.59 bits per heavy atom. The topological polar surface area (TPSA) is 66.8 Å². The third-order valence-electron chi connectivity index (χ3n) is 3.86. The van der Waals surface area contributed by atoms with Crippen molar-refractivity contribution in [3.05, 3.63) is 65.2 Å². The maximum atomic E-state index is 12.3. The minimum atomic E-state index is -1.24. The molecule has 5 nitrogen and oxygen atoms in total. The van der Waals surface area contributed by atoms with E-state index >= 15 is 0 Å². The van der Waals surface area contributed by atoms with E-state index in [1.54, 1.807) is 25.3 Å². The summed E-state index contributed by atoms with van der Waals surface area (Å²) in [6.45, 7) is 0. The van der Waals surface area contributed by atoms with Crippen LogP contribution >= 0.6 is 0 Å². The predicted octanol–water partition coefficient (Wildman–Crippen LogP) is 3.11. The number of benzene rings is 2. The summed E-state index contributed by atoms with van der Waals surface area (Å²) in [6.07, 6.45) is -0.792. The zero-order chi connectivity index (χ0) is 15.7. The van der Waals surface area contributed by atoms with Gasteiger partial charge >= 0.3 is 6.09 Å². The lowest BCUT2D eigenvalue weighted by atomic mass is 9.98. The van der Waals surface area contributed by atoms with Gasteiger partial charge in [-0.05, 0) is 35.7 Å². The lowest BCUT2D eigenvalue weighted by Crippen LogP contribution is -2.34. The molecule has 0 bridgehead atoms. The van der Waals surface area contributed by atoms with Crippen LogP contribution in [0.3, 0.4) is 0 Å². The zero-order valence-electron chi connectivity index (χ0n) is 12.0. The SMILES string of the molecule is COc1ccc2c(c1)C(Cc1ccccc1)N(C(=O)O)C2=O. The molecule has 0 aliphatic carbocycles. The van der Waals surface area contributed by atoms with Crippen LogP contribution in [-0.4, -0.2) is 29.1 Å². The van der Waals surface area contributed by atoms with Gasteiger partial charge in [0.15, 0.2) is 0 Å². The number of ether oxygens (including phenoxy) is 1. The molecule has 1 N–H and O–H groups in total. The lowest BCUT2D eigenvalue weighted by molar-refractivity contribution is 0.0710. The highest BCUT2D eigenvalue weighted by Crippen LogP contribution is 2.38. The quantitative estimate of drug-likeness (QED) is 0.945. The van der Waals surface area contributed by atoms with Crippen molar-refractivity contribution < 1.29 is 19.4 Å². The molecule has 2 aromatic rings. The van der Waals surface area contributed by atoms with Crippen molar-refractivity contribution in [2.45, 2.75) is 12.5 Å². The van der Waals surface area contributed by atoms with Gasteiger partial charge < -0.3 is 9.84 Å². The molecule has 112 valence electrons. The van der Waals surface area contributed by atoms with E-state index in [9.17, 15) is 14.7 Å². The van der Waals surface area contributed by atoms with Gasteiger partial charge in [-0.3, -0.25) is 4.79 Å². The number of nitrogens with zero attached hydrogens (tertiary/aromatic N) is 1. The summed E-state index contributed by atoms with van der Waals surface area (Å²) in [5.41, 5.74) is 2.09. The summed E-state index contributed by atoms with van der Waals surface area (Å²) < 4.78 is 5.19. The van der Waals surface area contributed by atoms with Gasteiger partial charge in [0.05, 0.1) is 13.2 Å². The molecule has 1 aliphatic rings. The highest BCUT2D eigenvalue weighted by molar-refractivity contribution is 6.07. The fourth-order valence-corrected chi connectivity index (χ4v) is 2.81. The van der Waals surface area contributed by atoms with Crippen LogP contribution in [0.1, 0.15) is 27.5 Å². The largest absolute Gasteiger partial charge is 0.497 e. The average Bonchev–Trinajstić information content (AvgIpc) is 2.80. The Kier molecular flexibility index (Phi) is 3.55. The van der Waals surface area contributed by atoms with Crippen molar-refractivity contribution in [1.82, 2.24) is 4.90 Å². The Labute approximate surface area is 127 Å². The van der Waals surface area contributed by atoms with Crippen LogP contribution in [0, 0.1) is 0 Å². The molecule has 3 rings (SSSR count). The Morgan fingerprint density at radius 1 is 1.23 bits per heavy atom. The predicted molar refractivity (Wildman–Crippen MR) is 80.1 cm³/mol. The van der Waals surface area contributed by atoms with Crippen LogP contribution in [0.2, 0.25) is 0 Å². The Balaban J connectivity index is 2.05. The van der Waals surface area contributed by atoms with Crippen LogP contribution in [0.25, 0.3) is 0 Å². The average molecular weight is 297 g/mol. The van der Waals surface area contributed by atoms with Crippen molar-refractivity contribution in [3.63, 3.8) is 0 Å². The number of fused-ring (bicyclic) bond motifs is 1. The number of rotatable bonds is 3. The fraction of sp³-hybridized carbons (Fsp3) is 0.176. The molecule has 1 unspecified atom stereocenters. The van der Waals surface area contributed by atoms with Gasteiger partial charge in [-0.25, -0.2) is 9.69 Å². The first-order valence-corrected chi connectivity index (χ1v) is 6.90. The minimum Gasteiger partial charge on any atom is -0.497 e. The normalized spacial score (nSPS) is 16.5. The van der Waals surface area contributed by atoms with Crippen LogP contribution < -0.4 is 4.74 Å². The molecule has 22 heavy (non-hydrogen) atoms. The summed E-state index contributed by atoms with van der Waals surface area (Å²) in [6, 6.07) is 14.0. The number of hydrogen-bond donors (Lipinski definition) is 1. The van der Waals surface area contributed by atoms with Crippen molar-refractivity contribution in [2.24, 2.45) is 0 Å². The van der Waals surface area contributed by atoms with Gasteiger partial charge in [-0.2, -0.15) is 0 Å². The van der Waals surface area contributed by atoms with Crippen LogP contribution in [0.15, 0.2) is 48.5 Å². The van der Waals surface area contributed by atoms with Crippen molar-refractivity contribution >= 4 is 12.0 Å². The van der Waals surface area contributed by atoms with E-state index in [1.807, 2.05) is 30.3 Å². The maximum Gasteiger partial charge on any atom is 0.414 e. The summed E-state index contributed by atoms with van der Waals surface area (Å²) >= 11 is 0. The molecule has 1 aliphatic heterocycles. The van der Waals surface area contributed by atoms with Gasteiger partial charge in [-0.15, -0.1) is 0 Å². The second-order valence-corrected chi connectivity index (χ2v) is 5.12. The molecule has 2 aromatic carbocycles. The summed E-state index contributed by atoms with van der Waals surface area (Å²) in [7, 11) is 1.54. The number of carbonyl (C=O) groups excluding carboxylic acids is 1. The molecule has 1 heterocycles. The van der Waals surface area contributed by atoms with Crippen molar-refractivity contribution in [1.29, 1.82) is 0 Å². The first kappa shape index (κ1) is 14.1. The standard InChI is InChI=1S/C17H15NO4/c1-22-12-7-8-13-14(10-12)15(18(16(13)19)17(20)21)9-11-5-3-2-4-6-11/h2-8,10,15H,9H2,1H3,(H,20,21). The maximum absolute atomic E-state index is 12.3. The molecule has 2 amide bonds. The summed E-state index contributed by atoms with van der Waals surface area (Å²) in [5.74, 6) is 0.128. The number of methoxy groups -OCH3 is 1. The van der Waals surface area contributed by atoms with Gasteiger partial charge in [0.1, 0.15) is 5.75 Å². The molecule has 0 aromatic heterocycles. The molecule has 1 atom stereocenters. The molecule has 0 radical (unpaired) electrons. The smallest absolute Gasteiger partial charge is 0.414 e. The number of imide groups is 1.